The molecule has 0 unspecified atom stereocenters. The van der Waals surface area contributed by atoms with Crippen LogP contribution in [0.2, 0.25) is 0 Å². The number of furan rings is 1. The van der Waals surface area contributed by atoms with Crippen molar-refractivity contribution in [3.8, 4) is 22.6 Å². The molecule has 1 saturated carbocycles. The Morgan fingerprint density at radius 3 is 2.40 bits per heavy atom. The van der Waals surface area contributed by atoms with Gasteiger partial charge in [0.2, 0.25) is 5.91 Å². The Morgan fingerprint density at radius 1 is 1.06 bits per heavy atom. The maximum Gasteiger partial charge on any atom is 0.244 e. The van der Waals surface area contributed by atoms with Gasteiger partial charge in [-0.25, -0.2) is 0 Å². The number of aryl methyl sites for hydroxylation is 1. The summed E-state index contributed by atoms with van der Waals surface area (Å²) in [6, 6.07) is 10.4. The molecule has 1 amide bonds. The van der Waals surface area contributed by atoms with Crippen LogP contribution in [0.15, 0.2) is 47.1 Å². The molecule has 4 rings (SSSR count). The van der Waals surface area contributed by atoms with E-state index in [1.807, 2.05) is 52.0 Å². The topological polar surface area (TPSA) is 60.7 Å². The van der Waals surface area contributed by atoms with Crippen molar-refractivity contribution in [3.63, 3.8) is 0 Å². The minimum absolute atomic E-state index is 0.0338. The molecule has 1 aliphatic rings. The summed E-state index contributed by atoms with van der Waals surface area (Å²) in [6.45, 7) is 9.11. The molecule has 5 nitrogen and oxygen atoms in total. The van der Waals surface area contributed by atoms with E-state index >= 15 is 0 Å². The molecule has 0 saturated heterocycles. The van der Waals surface area contributed by atoms with E-state index in [9.17, 15) is 4.79 Å². The smallest absolute Gasteiger partial charge is 0.244 e. The summed E-state index contributed by atoms with van der Waals surface area (Å²) in [4.78, 5) is 12.9. The Bertz CT molecular complexity index is 1180. The Balaban J connectivity index is 1.69. The van der Waals surface area contributed by atoms with E-state index < -0.39 is 0 Å². The van der Waals surface area contributed by atoms with Crippen molar-refractivity contribution < 1.29 is 18.7 Å². The van der Waals surface area contributed by atoms with Gasteiger partial charge in [0, 0.05) is 34.2 Å². The summed E-state index contributed by atoms with van der Waals surface area (Å²) in [7, 11) is 0. The third-order valence-corrected chi connectivity index (χ3v) is 6.78. The molecule has 0 bridgehead atoms. The number of fused-ring (bicyclic) bond motifs is 1. The summed E-state index contributed by atoms with van der Waals surface area (Å²) in [5.74, 6) is 1.58. The van der Waals surface area contributed by atoms with Crippen LogP contribution in [-0.2, 0) is 4.79 Å². The monoisotopic (exact) mass is 475 g/mol. The molecule has 0 radical (unpaired) electrons. The third-order valence-electron chi connectivity index (χ3n) is 6.78. The lowest BCUT2D eigenvalue weighted by Gasteiger charge is -2.17. The van der Waals surface area contributed by atoms with Crippen LogP contribution in [0.5, 0.6) is 11.5 Å². The van der Waals surface area contributed by atoms with E-state index in [-0.39, 0.29) is 11.9 Å². The van der Waals surface area contributed by atoms with Crippen LogP contribution >= 0.6 is 0 Å². The molecule has 0 aliphatic heterocycles. The fourth-order valence-electron chi connectivity index (χ4n) is 5.00. The molecular formula is C30H37NO4. The normalized spacial score (nSPS) is 15.1. The molecule has 0 spiro atoms. The van der Waals surface area contributed by atoms with Crippen LogP contribution in [0.25, 0.3) is 27.7 Å². The number of carbonyl (C=O) groups excluding carboxylic acids is 1. The van der Waals surface area contributed by atoms with Crippen molar-refractivity contribution in [3.05, 3.63) is 53.8 Å². The van der Waals surface area contributed by atoms with Gasteiger partial charge >= 0.3 is 0 Å². The first kappa shape index (κ1) is 24.9. The molecule has 35 heavy (non-hydrogen) atoms. The molecule has 5 heteroatoms. The van der Waals surface area contributed by atoms with E-state index in [1.54, 1.807) is 12.3 Å². The van der Waals surface area contributed by atoms with E-state index in [2.05, 4.69) is 11.4 Å². The van der Waals surface area contributed by atoms with Crippen LogP contribution in [0.4, 0.5) is 0 Å². The zero-order valence-electron chi connectivity index (χ0n) is 21.4. The van der Waals surface area contributed by atoms with Crippen LogP contribution in [-0.4, -0.2) is 25.2 Å². The number of allylic oxidation sites excluding steroid dienone is 1. The number of hydrogen-bond acceptors (Lipinski definition) is 4. The largest absolute Gasteiger partial charge is 0.494 e. The second kappa shape index (κ2) is 11.5. The fourth-order valence-corrected chi connectivity index (χ4v) is 5.00. The van der Waals surface area contributed by atoms with Crippen LogP contribution in [0.1, 0.15) is 70.4 Å². The second-order valence-corrected chi connectivity index (χ2v) is 9.32. The first-order chi connectivity index (χ1) is 17.0. The van der Waals surface area contributed by atoms with Gasteiger partial charge in [-0.05, 0) is 69.9 Å². The molecule has 186 valence electrons. The molecule has 3 aromatic rings. The van der Waals surface area contributed by atoms with Crippen molar-refractivity contribution in [1.82, 2.24) is 5.32 Å². The number of benzene rings is 2. The third kappa shape index (κ3) is 5.72. The Labute approximate surface area is 208 Å². The number of amides is 1. The van der Waals surface area contributed by atoms with Crippen LogP contribution in [0.3, 0.4) is 0 Å². The number of ether oxygens (including phenoxy) is 2. The highest BCUT2D eigenvalue weighted by molar-refractivity contribution is 6.01. The maximum atomic E-state index is 12.9. The molecular weight excluding hydrogens is 438 g/mol. The van der Waals surface area contributed by atoms with Crippen molar-refractivity contribution in [2.45, 2.75) is 72.3 Å². The van der Waals surface area contributed by atoms with Crippen molar-refractivity contribution in [2.75, 3.05) is 13.2 Å². The lowest BCUT2D eigenvalue weighted by Crippen LogP contribution is -2.33. The molecule has 1 aromatic heterocycles. The van der Waals surface area contributed by atoms with Crippen LogP contribution < -0.4 is 14.8 Å². The Morgan fingerprint density at radius 2 is 1.74 bits per heavy atom. The summed E-state index contributed by atoms with van der Waals surface area (Å²) in [5, 5.41) is 4.23. The van der Waals surface area contributed by atoms with E-state index in [4.69, 9.17) is 13.9 Å². The lowest BCUT2D eigenvalue weighted by atomic mass is 9.96. The predicted molar refractivity (Wildman–Crippen MR) is 142 cm³/mol. The number of hydrogen-bond donors (Lipinski definition) is 1. The van der Waals surface area contributed by atoms with Gasteiger partial charge < -0.3 is 19.2 Å². The van der Waals surface area contributed by atoms with E-state index in [0.717, 1.165) is 63.1 Å². The quantitative estimate of drug-likeness (QED) is 0.271. The van der Waals surface area contributed by atoms with Gasteiger partial charge in [-0.1, -0.05) is 37.8 Å². The van der Waals surface area contributed by atoms with E-state index in [0.29, 0.717) is 13.2 Å². The van der Waals surface area contributed by atoms with Crippen LogP contribution in [0, 0.1) is 6.92 Å². The first-order valence-corrected chi connectivity index (χ1v) is 12.9. The molecule has 0 atom stereocenters. The van der Waals surface area contributed by atoms with Gasteiger partial charge in [-0.2, -0.15) is 0 Å². The van der Waals surface area contributed by atoms with Gasteiger partial charge in [0.05, 0.1) is 19.5 Å². The summed E-state index contributed by atoms with van der Waals surface area (Å²) in [6.07, 6.45) is 10.5. The zero-order valence-corrected chi connectivity index (χ0v) is 21.4. The Kier molecular flexibility index (Phi) is 8.17. The minimum Gasteiger partial charge on any atom is -0.494 e. The zero-order chi connectivity index (χ0) is 24.8. The molecule has 2 aromatic carbocycles. The number of rotatable bonds is 8. The lowest BCUT2D eigenvalue weighted by molar-refractivity contribution is -0.117. The SMILES string of the molecule is CCOc1ccc(-c2coc3c(C)c(OCC)c(/C(C)=C/C(=O)NC4CCCCCC4)cc23)cc1. The van der Waals surface area contributed by atoms with Gasteiger partial charge in [0.15, 0.2) is 0 Å². The summed E-state index contributed by atoms with van der Waals surface area (Å²) < 4.78 is 17.7. The molecule has 1 fully saturated rings. The van der Waals surface area contributed by atoms with E-state index in [1.165, 1.54) is 25.7 Å². The molecule has 1 N–H and O–H groups in total. The standard InChI is InChI=1S/C30H37NO4/c1-5-33-24-15-13-22(14-16-24)27-19-35-30-21(4)29(34-6-2)25(18-26(27)30)20(3)17-28(32)31-23-11-9-7-8-10-12-23/h13-19,23H,5-12H2,1-4H3,(H,31,32)/b20-17+. The van der Waals surface area contributed by atoms with Gasteiger partial charge in [-0.3, -0.25) is 4.79 Å². The summed E-state index contributed by atoms with van der Waals surface area (Å²) >= 11 is 0. The predicted octanol–water partition coefficient (Wildman–Crippen LogP) is 7.45. The average molecular weight is 476 g/mol. The van der Waals surface area contributed by atoms with Crippen molar-refractivity contribution in [1.29, 1.82) is 0 Å². The maximum absolute atomic E-state index is 12.9. The van der Waals surface area contributed by atoms with Crippen molar-refractivity contribution >= 4 is 22.4 Å². The highest BCUT2D eigenvalue weighted by Gasteiger charge is 2.20. The van der Waals surface area contributed by atoms with Gasteiger partial charge in [-0.15, -0.1) is 0 Å². The average Bonchev–Trinajstić information content (AvgIpc) is 3.11. The molecule has 1 heterocycles. The number of carbonyl (C=O) groups is 1. The highest BCUT2D eigenvalue weighted by Crippen LogP contribution is 2.41. The minimum atomic E-state index is -0.0338. The number of nitrogens with one attached hydrogen (secondary N) is 1. The fraction of sp³-hybridized carbons (Fsp3) is 0.433. The molecule has 1 aliphatic carbocycles. The Hall–Kier alpha value is -3.21. The summed E-state index contributed by atoms with van der Waals surface area (Å²) in [5.41, 5.74) is 5.59. The highest BCUT2D eigenvalue weighted by atomic mass is 16.5. The van der Waals surface area contributed by atoms with Crippen molar-refractivity contribution in [2.24, 2.45) is 0 Å². The van der Waals surface area contributed by atoms with Gasteiger partial charge in [0.1, 0.15) is 17.1 Å². The second-order valence-electron chi connectivity index (χ2n) is 9.32. The van der Waals surface area contributed by atoms with Gasteiger partial charge in [0.25, 0.3) is 0 Å². The first-order valence-electron chi connectivity index (χ1n) is 12.9.